The van der Waals surface area contributed by atoms with E-state index in [1.165, 1.54) is 0 Å². The van der Waals surface area contributed by atoms with E-state index in [0.29, 0.717) is 23.0 Å². The van der Waals surface area contributed by atoms with Gasteiger partial charge in [-0.3, -0.25) is 4.98 Å². The van der Waals surface area contributed by atoms with E-state index in [1.807, 2.05) is 42.5 Å². The van der Waals surface area contributed by atoms with E-state index in [2.05, 4.69) is 25.3 Å². The maximum Gasteiger partial charge on any atom is 0.272 e. The minimum Gasteiger partial charge on any atom is -0.497 e. The minimum atomic E-state index is -0.00556. The lowest BCUT2D eigenvalue weighted by Crippen LogP contribution is -2.06. The highest BCUT2D eigenvalue weighted by atomic mass is 16.5. The number of fused-ring (bicyclic) bond motifs is 2. The predicted octanol–water partition coefficient (Wildman–Crippen LogP) is 2.81. The van der Waals surface area contributed by atoms with Crippen LogP contribution >= 0.6 is 0 Å². The summed E-state index contributed by atoms with van der Waals surface area (Å²) in [5, 5.41) is 23.0. The lowest BCUT2D eigenvalue weighted by atomic mass is 10.1. The molecule has 0 atom stereocenters. The maximum absolute atomic E-state index is 9.22. The molecule has 0 radical (unpaired) electrons. The quantitative estimate of drug-likeness (QED) is 0.452. The molecular weight excluding hydrogens is 396 g/mol. The molecular formula is C22H18N6O3. The van der Waals surface area contributed by atoms with Gasteiger partial charge in [0.15, 0.2) is 5.82 Å². The van der Waals surface area contributed by atoms with Crippen molar-refractivity contribution in [3.05, 3.63) is 72.3 Å². The molecule has 0 bridgehead atoms. The smallest absolute Gasteiger partial charge is 0.272 e. The molecule has 1 N–H and O–H groups in total. The number of methoxy groups -OCH3 is 1. The van der Waals surface area contributed by atoms with Crippen molar-refractivity contribution in [2.45, 2.75) is 13.2 Å². The Balaban J connectivity index is 1.44. The monoisotopic (exact) mass is 414 g/mol. The van der Waals surface area contributed by atoms with Gasteiger partial charge < -0.3 is 14.6 Å². The molecule has 9 heteroatoms. The molecule has 0 spiro atoms. The molecule has 3 heterocycles. The fourth-order valence-corrected chi connectivity index (χ4v) is 3.24. The van der Waals surface area contributed by atoms with Crippen LogP contribution in [0.15, 0.2) is 60.9 Å². The molecule has 0 aliphatic heterocycles. The van der Waals surface area contributed by atoms with Crippen molar-refractivity contribution in [3.8, 4) is 22.8 Å². The Morgan fingerprint density at radius 1 is 1.00 bits per heavy atom. The topological polar surface area (TPSA) is 108 Å². The average molecular weight is 414 g/mol. The number of rotatable bonds is 6. The molecule has 0 amide bonds. The lowest BCUT2D eigenvalue weighted by Gasteiger charge is -2.09. The summed E-state index contributed by atoms with van der Waals surface area (Å²) >= 11 is 0. The summed E-state index contributed by atoms with van der Waals surface area (Å²) in [7, 11) is 1.62. The largest absolute Gasteiger partial charge is 0.497 e. The third kappa shape index (κ3) is 3.62. The number of pyridine rings is 1. The summed E-state index contributed by atoms with van der Waals surface area (Å²) in [6, 6.07) is 14.9. The molecule has 3 aromatic heterocycles. The Kier molecular flexibility index (Phi) is 4.85. The van der Waals surface area contributed by atoms with Gasteiger partial charge >= 0.3 is 0 Å². The number of aromatic nitrogens is 6. The predicted molar refractivity (Wildman–Crippen MR) is 113 cm³/mol. The van der Waals surface area contributed by atoms with Crippen molar-refractivity contribution >= 4 is 16.7 Å². The van der Waals surface area contributed by atoms with Crippen LogP contribution in [0.1, 0.15) is 11.4 Å². The summed E-state index contributed by atoms with van der Waals surface area (Å²) < 4.78 is 12.9. The van der Waals surface area contributed by atoms with Gasteiger partial charge in [-0.25, -0.2) is 4.98 Å². The third-order valence-electron chi connectivity index (χ3n) is 4.90. The summed E-state index contributed by atoms with van der Waals surface area (Å²) in [5.74, 6) is 2.32. The summed E-state index contributed by atoms with van der Waals surface area (Å²) in [6.45, 7) is 0.155. The maximum atomic E-state index is 9.22. The van der Waals surface area contributed by atoms with Gasteiger partial charge in [0, 0.05) is 23.2 Å². The minimum absolute atomic E-state index is 0.00556. The molecule has 31 heavy (non-hydrogen) atoms. The van der Waals surface area contributed by atoms with Crippen LogP contribution in [-0.2, 0) is 13.2 Å². The van der Waals surface area contributed by atoms with Gasteiger partial charge in [0.1, 0.15) is 23.8 Å². The molecule has 5 aromatic rings. The zero-order valence-electron chi connectivity index (χ0n) is 16.6. The molecule has 0 aliphatic carbocycles. The standard InChI is InChI=1S/C22H18N6O3/c1-30-16-6-7-17-18(10-16)23-9-8-20(17)31-13-21-25-26-22-24-11-19(27-28(21)22)15-4-2-14(12-29)3-5-15/h2-11,29H,12-13H2,1H3. The van der Waals surface area contributed by atoms with E-state index >= 15 is 0 Å². The van der Waals surface area contributed by atoms with Gasteiger partial charge in [-0.05, 0) is 23.8 Å². The summed E-state index contributed by atoms with van der Waals surface area (Å²) in [5.41, 5.74) is 3.15. The Hall–Kier alpha value is -4.11. The van der Waals surface area contributed by atoms with Crippen LogP contribution < -0.4 is 9.47 Å². The van der Waals surface area contributed by atoms with Gasteiger partial charge in [0.05, 0.1) is 25.4 Å². The number of ether oxygens (including phenoxy) is 2. The molecule has 154 valence electrons. The van der Waals surface area contributed by atoms with Crippen LogP contribution in [-0.4, -0.2) is 42.0 Å². The lowest BCUT2D eigenvalue weighted by molar-refractivity contribution is 0.282. The van der Waals surface area contributed by atoms with Crippen molar-refractivity contribution in [2.75, 3.05) is 7.11 Å². The van der Waals surface area contributed by atoms with Crippen molar-refractivity contribution in [1.82, 2.24) is 29.8 Å². The van der Waals surface area contributed by atoms with Crippen LogP contribution in [0.5, 0.6) is 11.5 Å². The highest BCUT2D eigenvalue weighted by Gasteiger charge is 2.12. The molecule has 0 aliphatic rings. The number of hydrogen-bond acceptors (Lipinski definition) is 8. The van der Waals surface area contributed by atoms with Crippen LogP contribution in [0.25, 0.3) is 27.9 Å². The van der Waals surface area contributed by atoms with Gasteiger partial charge in [-0.15, -0.1) is 10.2 Å². The van der Waals surface area contributed by atoms with Crippen LogP contribution in [0.2, 0.25) is 0 Å². The highest BCUT2D eigenvalue weighted by Crippen LogP contribution is 2.27. The van der Waals surface area contributed by atoms with Crippen molar-refractivity contribution < 1.29 is 14.6 Å². The van der Waals surface area contributed by atoms with E-state index in [0.717, 1.165) is 27.8 Å². The van der Waals surface area contributed by atoms with Crippen LogP contribution in [0.4, 0.5) is 0 Å². The fraction of sp³-hybridized carbons (Fsp3) is 0.136. The summed E-state index contributed by atoms with van der Waals surface area (Å²) in [6.07, 6.45) is 3.33. The zero-order valence-corrected chi connectivity index (χ0v) is 16.6. The van der Waals surface area contributed by atoms with Gasteiger partial charge in [-0.2, -0.15) is 9.61 Å². The van der Waals surface area contributed by atoms with Crippen molar-refractivity contribution in [1.29, 1.82) is 0 Å². The van der Waals surface area contributed by atoms with Gasteiger partial charge in [0.25, 0.3) is 5.78 Å². The second-order valence-electron chi connectivity index (χ2n) is 6.81. The first kappa shape index (κ1) is 18.9. The highest BCUT2D eigenvalue weighted by molar-refractivity contribution is 5.85. The van der Waals surface area contributed by atoms with Crippen molar-refractivity contribution in [2.24, 2.45) is 0 Å². The first-order chi connectivity index (χ1) is 15.2. The molecule has 2 aromatic carbocycles. The summed E-state index contributed by atoms with van der Waals surface area (Å²) in [4.78, 5) is 8.71. The first-order valence-corrected chi connectivity index (χ1v) is 9.58. The Morgan fingerprint density at radius 2 is 1.87 bits per heavy atom. The zero-order chi connectivity index (χ0) is 21.2. The van der Waals surface area contributed by atoms with Gasteiger partial charge in [0.2, 0.25) is 0 Å². The van der Waals surface area contributed by atoms with E-state index in [1.54, 1.807) is 30.1 Å². The molecule has 0 unspecified atom stereocenters. The van der Waals surface area contributed by atoms with E-state index in [-0.39, 0.29) is 13.2 Å². The second kappa shape index (κ2) is 7.96. The van der Waals surface area contributed by atoms with Crippen LogP contribution in [0, 0.1) is 0 Å². The fourth-order valence-electron chi connectivity index (χ4n) is 3.24. The van der Waals surface area contributed by atoms with Crippen molar-refractivity contribution in [3.63, 3.8) is 0 Å². The third-order valence-corrected chi connectivity index (χ3v) is 4.90. The Labute approximate surface area is 176 Å². The number of nitrogens with zero attached hydrogens (tertiary/aromatic N) is 6. The van der Waals surface area contributed by atoms with Crippen LogP contribution in [0.3, 0.4) is 0 Å². The number of hydrogen-bond donors (Lipinski definition) is 1. The molecule has 0 saturated carbocycles. The first-order valence-electron chi connectivity index (χ1n) is 9.58. The normalized spacial score (nSPS) is 11.2. The molecule has 5 rings (SSSR count). The average Bonchev–Trinajstić information content (AvgIpc) is 3.24. The molecule has 0 fully saturated rings. The number of aliphatic hydroxyl groups is 1. The SMILES string of the molecule is COc1ccc2c(OCc3nnc4ncc(-c5ccc(CO)cc5)nn34)ccnc2c1. The van der Waals surface area contributed by atoms with E-state index < -0.39 is 0 Å². The number of aliphatic hydroxyl groups excluding tert-OH is 1. The molecule has 9 nitrogen and oxygen atoms in total. The second-order valence-corrected chi connectivity index (χ2v) is 6.81. The van der Waals surface area contributed by atoms with E-state index in [9.17, 15) is 5.11 Å². The Morgan fingerprint density at radius 3 is 2.68 bits per heavy atom. The molecule has 0 saturated heterocycles. The van der Waals surface area contributed by atoms with E-state index in [4.69, 9.17) is 9.47 Å². The van der Waals surface area contributed by atoms with Gasteiger partial charge in [-0.1, -0.05) is 24.3 Å². The number of benzene rings is 2. The Bertz CT molecular complexity index is 1370.